The molecule has 0 atom stereocenters. The number of fused-ring (bicyclic) bond motifs is 7. The molecule has 5 aromatic rings. The minimum atomic E-state index is -0.163. The molecular weight excluding hydrogens is 652 g/mol. The van der Waals surface area contributed by atoms with Crippen LogP contribution in [0.2, 0.25) is 0 Å². The smallest absolute Gasteiger partial charge is 0.210 e. The second-order valence-corrected chi connectivity index (χ2v) is 16.1. The lowest BCUT2D eigenvalue weighted by Gasteiger charge is -2.27. The summed E-state index contributed by atoms with van der Waals surface area (Å²) in [6, 6.07) is 35.6. The van der Waals surface area contributed by atoms with Crippen LogP contribution in [0.1, 0.15) is 89.5 Å². The number of nitrogens with zero attached hydrogens (tertiary/aromatic N) is 2. The highest BCUT2D eigenvalue weighted by atomic mass is 35.5. The molecule has 5 aromatic carbocycles. The first-order chi connectivity index (χ1) is 25.2. The summed E-state index contributed by atoms with van der Waals surface area (Å²) >= 11 is 7.49. The highest BCUT2D eigenvalue weighted by molar-refractivity contribution is 6.42. The van der Waals surface area contributed by atoms with Gasteiger partial charge >= 0.3 is 0 Å². The van der Waals surface area contributed by atoms with Crippen molar-refractivity contribution in [3.8, 4) is 0 Å². The molecule has 2 aliphatic heterocycles. The molecule has 0 aromatic heterocycles. The Balaban J connectivity index is 1.23. The molecule has 2 heterocycles. The standard InChI is InChI=1S/C49H50ClN2/c1-7-9-31-51-41-27-23-33-17-11-13-19-35(33)45(41)48(3,4)43(51)29-25-39-37-21-15-16-22-38(37)40(47(39)50)26-30-44-49(5,6)46-36-20-14-12-18-34(36)24-28-42(46)52(44)32-10-8-2/h11-30H,7-10,31-32H2,1-6H3/q+1. The molecule has 262 valence electrons. The Morgan fingerprint density at radius 1 is 0.654 bits per heavy atom. The minimum Gasteiger partial charge on any atom is -0.344 e. The van der Waals surface area contributed by atoms with Gasteiger partial charge in [0.15, 0.2) is 5.71 Å². The van der Waals surface area contributed by atoms with E-state index in [2.05, 4.69) is 172 Å². The molecule has 0 amide bonds. The molecule has 0 N–H and O–H groups in total. The second-order valence-electron chi connectivity index (χ2n) is 15.7. The molecule has 0 fully saturated rings. The Bertz CT molecular complexity index is 2400. The maximum atomic E-state index is 7.49. The number of allylic oxidation sites excluding steroid dienone is 8. The van der Waals surface area contributed by atoms with E-state index in [0.29, 0.717) is 0 Å². The summed E-state index contributed by atoms with van der Waals surface area (Å²) < 4.78 is 2.56. The van der Waals surface area contributed by atoms with E-state index in [1.165, 1.54) is 66.6 Å². The molecule has 3 aliphatic rings. The zero-order valence-corrected chi connectivity index (χ0v) is 32.3. The topological polar surface area (TPSA) is 6.25 Å². The quantitative estimate of drug-likeness (QED) is 0.139. The lowest BCUT2D eigenvalue weighted by Crippen LogP contribution is -2.28. The third kappa shape index (κ3) is 5.41. The Morgan fingerprint density at radius 3 is 2.00 bits per heavy atom. The molecule has 0 radical (unpaired) electrons. The van der Waals surface area contributed by atoms with Crippen molar-refractivity contribution in [2.24, 2.45) is 0 Å². The molecule has 3 heteroatoms. The first-order valence-electron chi connectivity index (χ1n) is 19.3. The van der Waals surface area contributed by atoms with Crippen molar-refractivity contribution >= 4 is 61.4 Å². The fraction of sp³-hybridized carbons (Fsp3) is 0.286. The average molecular weight is 702 g/mol. The van der Waals surface area contributed by atoms with Gasteiger partial charge in [0.25, 0.3) is 0 Å². The molecule has 1 aliphatic carbocycles. The SMILES string of the molecule is CCCCN1/C(=C/C=C2C(Cl)=C(/C=C/C3=[N+](CCCC)c4ccc5ccccc5c4C3(C)C)c3ccccc3/2)C(C)(C)c2c1ccc1ccccc21. The largest absolute Gasteiger partial charge is 0.344 e. The van der Waals surface area contributed by atoms with E-state index in [9.17, 15) is 0 Å². The molecule has 0 saturated heterocycles. The number of hydrogen-bond donors (Lipinski definition) is 0. The second kappa shape index (κ2) is 13.4. The van der Waals surface area contributed by atoms with Gasteiger partial charge in [-0.05, 0) is 82.8 Å². The number of anilines is 1. The van der Waals surface area contributed by atoms with Gasteiger partial charge in [-0.2, -0.15) is 4.58 Å². The molecule has 52 heavy (non-hydrogen) atoms. The van der Waals surface area contributed by atoms with Gasteiger partial charge in [0.2, 0.25) is 5.69 Å². The third-order valence-corrected chi connectivity index (χ3v) is 12.2. The van der Waals surface area contributed by atoms with Crippen molar-refractivity contribution in [2.45, 2.75) is 78.1 Å². The van der Waals surface area contributed by atoms with Crippen molar-refractivity contribution in [3.63, 3.8) is 0 Å². The highest BCUT2D eigenvalue weighted by Gasteiger charge is 2.45. The van der Waals surface area contributed by atoms with Crippen LogP contribution in [0.4, 0.5) is 11.4 Å². The van der Waals surface area contributed by atoms with Crippen LogP contribution in [-0.4, -0.2) is 23.4 Å². The first kappa shape index (κ1) is 34.4. The maximum absolute atomic E-state index is 7.49. The van der Waals surface area contributed by atoms with Crippen LogP contribution in [0.5, 0.6) is 0 Å². The van der Waals surface area contributed by atoms with E-state index < -0.39 is 0 Å². The maximum Gasteiger partial charge on any atom is 0.210 e. The van der Waals surface area contributed by atoms with Gasteiger partial charge in [-0.25, -0.2) is 0 Å². The molecule has 8 rings (SSSR count). The van der Waals surface area contributed by atoms with E-state index in [1.807, 2.05) is 0 Å². The van der Waals surface area contributed by atoms with E-state index in [1.54, 1.807) is 0 Å². The zero-order chi connectivity index (χ0) is 36.2. The van der Waals surface area contributed by atoms with Gasteiger partial charge in [-0.3, -0.25) is 0 Å². The summed E-state index contributed by atoms with van der Waals surface area (Å²) in [5.74, 6) is 0. The van der Waals surface area contributed by atoms with Gasteiger partial charge in [-0.15, -0.1) is 0 Å². The van der Waals surface area contributed by atoms with Crippen LogP contribution in [0, 0.1) is 0 Å². The number of benzene rings is 5. The molecule has 0 bridgehead atoms. The van der Waals surface area contributed by atoms with Crippen LogP contribution >= 0.6 is 11.6 Å². The van der Waals surface area contributed by atoms with Gasteiger partial charge < -0.3 is 4.90 Å². The van der Waals surface area contributed by atoms with Crippen LogP contribution in [0.15, 0.2) is 132 Å². The summed E-state index contributed by atoms with van der Waals surface area (Å²) in [5.41, 5.74) is 12.4. The highest BCUT2D eigenvalue weighted by Crippen LogP contribution is 2.52. The minimum absolute atomic E-state index is 0.163. The lowest BCUT2D eigenvalue weighted by molar-refractivity contribution is -0.438. The van der Waals surface area contributed by atoms with Gasteiger partial charge in [0.05, 0.1) is 10.4 Å². The van der Waals surface area contributed by atoms with Crippen molar-refractivity contribution in [2.75, 3.05) is 18.0 Å². The van der Waals surface area contributed by atoms with Crippen LogP contribution in [0.3, 0.4) is 0 Å². The number of hydrogen-bond acceptors (Lipinski definition) is 1. The molecular formula is C49H50ClN2+. The molecule has 2 nitrogen and oxygen atoms in total. The van der Waals surface area contributed by atoms with E-state index in [-0.39, 0.29) is 10.8 Å². The Hall–Kier alpha value is -4.66. The Morgan fingerprint density at radius 2 is 1.29 bits per heavy atom. The third-order valence-electron chi connectivity index (χ3n) is 11.8. The summed E-state index contributed by atoms with van der Waals surface area (Å²) in [6.07, 6.45) is 13.9. The molecule has 0 unspecified atom stereocenters. The van der Waals surface area contributed by atoms with E-state index in [0.717, 1.165) is 55.0 Å². The number of rotatable bonds is 9. The molecule has 0 saturated carbocycles. The van der Waals surface area contributed by atoms with Crippen molar-refractivity contribution in [1.29, 1.82) is 0 Å². The van der Waals surface area contributed by atoms with Crippen LogP contribution in [-0.2, 0) is 10.8 Å². The first-order valence-corrected chi connectivity index (χ1v) is 19.6. The Kier molecular flexibility index (Phi) is 8.87. The monoisotopic (exact) mass is 701 g/mol. The lowest BCUT2D eigenvalue weighted by atomic mass is 9.79. The summed E-state index contributed by atoms with van der Waals surface area (Å²) in [4.78, 5) is 2.56. The summed E-state index contributed by atoms with van der Waals surface area (Å²) in [7, 11) is 0. The molecule has 0 spiro atoms. The zero-order valence-electron chi connectivity index (χ0n) is 31.6. The van der Waals surface area contributed by atoms with Crippen molar-refractivity contribution in [1.82, 2.24) is 0 Å². The number of unbranched alkanes of at least 4 members (excludes halogenated alkanes) is 2. The van der Waals surface area contributed by atoms with Crippen molar-refractivity contribution < 1.29 is 4.58 Å². The van der Waals surface area contributed by atoms with E-state index >= 15 is 0 Å². The summed E-state index contributed by atoms with van der Waals surface area (Å²) in [6.45, 7) is 16.1. The fourth-order valence-electron chi connectivity index (χ4n) is 9.17. The normalized spacial score (nSPS) is 18.9. The number of halogens is 1. The Labute approximate surface area is 315 Å². The summed E-state index contributed by atoms with van der Waals surface area (Å²) in [5, 5.41) is 6.09. The average Bonchev–Trinajstić information content (AvgIpc) is 3.64. The van der Waals surface area contributed by atoms with E-state index in [4.69, 9.17) is 11.6 Å². The van der Waals surface area contributed by atoms with Gasteiger partial charge in [0, 0.05) is 58.6 Å². The predicted molar refractivity (Wildman–Crippen MR) is 225 cm³/mol. The van der Waals surface area contributed by atoms with Gasteiger partial charge in [-0.1, -0.05) is 137 Å². The van der Waals surface area contributed by atoms with Gasteiger partial charge in [0.1, 0.15) is 6.54 Å². The van der Waals surface area contributed by atoms with Crippen molar-refractivity contribution in [3.05, 3.63) is 154 Å². The van der Waals surface area contributed by atoms with Crippen LogP contribution in [0.25, 0.3) is 32.7 Å². The fourth-order valence-corrected chi connectivity index (χ4v) is 9.50. The predicted octanol–water partition coefficient (Wildman–Crippen LogP) is 13.3. The van der Waals surface area contributed by atoms with Crippen LogP contribution < -0.4 is 4.90 Å².